The molecule has 0 bridgehead atoms. The number of benzene rings is 1. The van der Waals surface area contributed by atoms with Gasteiger partial charge in [0.15, 0.2) is 0 Å². The molecule has 1 fully saturated rings. The Labute approximate surface area is 144 Å². The van der Waals surface area contributed by atoms with Crippen LogP contribution >= 0.6 is 12.4 Å². The number of nitrogens with one attached hydrogen (secondary N) is 2. The summed E-state index contributed by atoms with van der Waals surface area (Å²) in [5.41, 5.74) is -0.0503. The number of halogens is 1. The zero-order chi connectivity index (χ0) is 16.4. The Balaban J connectivity index is 0.00000264. The SMILES string of the molecule is CCC1(C(=O)Nc2cccc(S(=O)(=O)N(C)C)c2)CCCN1.Cl. The highest BCUT2D eigenvalue weighted by Gasteiger charge is 2.39. The predicted molar refractivity (Wildman–Crippen MR) is 93.5 cm³/mol. The number of rotatable bonds is 5. The second kappa shape index (κ2) is 7.61. The minimum atomic E-state index is -3.51. The van der Waals surface area contributed by atoms with Gasteiger partial charge in [0.2, 0.25) is 15.9 Å². The zero-order valence-corrected chi connectivity index (χ0v) is 15.3. The van der Waals surface area contributed by atoms with E-state index < -0.39 is 15.6 Å². The Bertz CT molecular complexity index is 656. The van der Waals surface area contributed by atoms with Crippen LogP contribution in [-0.2, 0) is 14.8 Å². The summed E-state index contributed by atoms with van der Waals surface area (Å²) in [4.78, 5) is 12.7. The molecular formula is C15H24ClN3O3S. The first-order chi connectivity index (χ1) is 10.3. The number of hydrogen-bond acceptors (Lipinski definition) is 4. The molecule has 1 heterocycles. The van der Waals surface area contributed by atoms with Gasteiger partial charge in [0.1, 0.15) is 0 Å². The molecule has 0 radical (unpaired) electrons. The van der Waals surface area contributed by atoms with Gasteiger partial charge in [0.25, 0.3) is 0 Å². The van der Waals surface area contributed by atoms with E-state index in [1.807, 2.05) is 6.92 Å². The van der Waals surface area contributed by atoms with E-state index in [-0.39, 0.29) is 23.2 Å². The smallest absolute Gasteiger partial charge is 0.244 e. The third-order valence-corrected chi connectivity index (χ3v) is 5.96. The zero-order valence-electron chi connectivity index (χ0n) is 13.6. The monoisotopic (exact) mass is 361 g/mol. The third kappa shape index (κ3) is 4.03. The molecule has 130 valence electrons. The van der Waals surface area contributed by atoms with Crippen molar-refractivity contribution in [2.45, 2.75) is 36.6 Å². The molecule has 0 aliphatic carbocycles. The number of carbonyl (C=O) groups excluding carboxylic acids is 1. The maximum absolute atomic E-state index is 12.5. The summed E-state index contributed by atoms with van der Waals surface area (Å²) >= 11 is 0. The van der Waals surface area contributed by atoms with E-state index in [0.29, 0.717) is 12.1 Å². The van der Waals surface area contributed by atoms with Crippen LogP contribution in [0.4, 0.5) is 5.69 Å². The summed E-state index contributed by atoms with van der Waals surface area (Å²) in [6.07, 6.45) is 2.47. The summed E-state index contributed by atoms with van der Waals surface area (Å²) in [7, 11) is -0.546. The Morgan fingerprint density at radius 3 is 2.61 bits per heavy atom. The van der Waals surface area contributed by atoms with Crippen LogP contribution in [0, 0.1) is 0 Å². The van der Waals surface area contributed by atoms with Crippen LogP contribution in [0.3, 0.4) is 0 Å². The third-order valence-electron chi connectivity index (χ3n) is 4.15. The standard InChI is InChI=1S/C15H23N3O3S.ClH/c1-4-15(9-6-10-16-15)14(19)17-12-7-5-8-13(11-12)22(20,21)18(2)3;/h5,7-8,11,16H,4,6,9-10H2,1-3H3,(H,17,19);1H. The van der Waals surface area contributed by atoms with E-state index >= 15 is 0 Å². The molecule has 0 saturated carbocycles. The van der Waals surface area contributed by atoms with Crippen molar-refractivity contribution >= 4 is 34.0 Å². The molecule has 1 aliphatic heterocycles. The molecule has 0 spiro atoms. The topological polar surface area (TPSA) is 78.5 Å². The molecule has 1 aromatic rings. The van der Waals surface area contributed by atoms with Gasteiger partial charge in [0.05, 0.1) is 10.4 Å². The Morgan fingerprint density at radius 1 is 1.39 bits per heavy atom. The maximum Gasteiger partial charge on any atom is 0.244 e. The molecular weight excluding hydrogens is 338 g/mol. The summed E-state index contributed by atoms with van der Waals surface area (Å²) in [6, 6.07) is 6.34. The predicted octanol–water partition coefficient (Wildman–Crippen LogP) is 1.83. The molecule has 1 saturated heterocycles. The first-order valence-corrected chi connectivity index (χ1v) is 8.85. The largest absolute Gasteiger partial charge is 0.324 e. The Kier molecular flexibility index (Phi) is 6.59. The fourth-order valence-electron chi connectivity index (χ4n) is 2.66. The normalized spacial score (nSPS) is 21.0. The lowest BCUT2D eigenvalue weighted by Crippen LogP contribution is -2.50. The van der Waals surface area contributed by atoms with Crippen molar-refractivity contribution < 1.29 is 13.2 Å². The van der Waals surface area contributed by atoms with Gasteiger partial charge in [-0.05, 0) is 44.0 Å². The lowest BCUT2D eigenvalue weighted by molar-refractivity contribution is -0.122. The molecule has 1 aliphatic rings. The fourth-order valence-corrected chi connectivity index (χ4v) is 3.61. The van der Waals surface area contributed by atoms with Gasteiger partial charge in [-0.15, -0.1) is 12.4 Å². The molecule has 6 nitrogen and oxygen atoms in total. The van der Waals surface area contributed by atoms with Gasteiger partial charge in [-0.3, -0.25) is 4.79 Å². The molecule has 8 heteroatoms. The summed E-state index contributed by atoms with van der Waals surface area (Å²) < 4.78 is 25.4. The van der Waals surface area contributed by atoms with Gasteiger partial charge in [-0.2, -0.15) is 0 Å². The van der Waals surface area contributed by atoms with Gasteiger partial charge in [-0.25, -0.2) is 12.7 Å². The van der Waals surface area contributed by atoms with Crippen LogP contribution < -0.4 is 10.6 Å². The Morgan fingerprint density at radius 2 is 2.09 bits per heavy atom. The maximum atomic E-state index is 12.5. The molecule has 1 atom stereocenters. The summed E-state index contributed by atoms with van der Waals surface area (Å²) in [5, 5.41) is 6.11. The van der Waals surface area contributed by atoms with Gasteiger partial charge in [0, 0.05) is 19.8 Å². The molecule has 2 rings (SSSR count). The van der Waals surface area contributed by atoms with E-state index in [9.17, 15) is 13.2 Å². The number of sulfonamides is 1. The lowest BCUT2D eigenvalue weighted by atomic mass is 9.93. The minimum absolute atomic E-state index is 0. The van der Waals surface area contributed by atoms with Crippen molar-refractivity contribution in [2.75, 3.05) is 26.0 Å². The molecule has 2 N–H and O–H groups in total. The van der Waals surface area contributed by atoms with Gasteiger partial charge >= 0.3 is 0 Å². The number of amides is 1. The van der Waals surface area contributed by atoms with Crippen molar-refractivity contribution in [1.29, 1.82) is 0 Å². The van der Waals surface area contributed by atoms with E-state index in [1.54, 1.807) is 12.1 Å². The van der Waals surface area contributed by atoms with Crippen molar-refractivity contribution in [1.82, 2.24) is 9.62 Å². The van der Waals surface area contributed by atoms with Crippen LogP contribution in [0.15, 0.2) is 29.2 Å². The van der Waals surface area contributed by atoms with Crippen molar-refractivity contribution in [3.8, 4) is 0 Å². The fraction of sp³-hybridized carbons (Fsp3) is 0.533. The number of hydrogen-bond donors (Lipinski definition) is 2. The molecule has 23 heavy (non-hydrogen) atoms. The van der Waals surface area contributed by atoms with Crippen molar-refractivity contribution in [2.24, 2.45) is 0 Å². The van der Waals surface area contributed by atoms with E-state index in [2.05, 4.69) is 10.6 Å². The van der Waals surface area contributed by atoms with Gasteiger partial charge in [-0.1, -0.05) is 13.0 Å². The van der Waals surface area contributed by atoms with E-state index in [0.717, 1.165) is 23.7 Å². The molecule has 1 amide bonds. The highest BCUT2D eigenvalue weighted by Crippen LogP contribution is 2.25. The quantitative estimate of drug-likeness (QED) is 0.838. The van der Waals surface area contributed by atoms with Crippen LogP contribution in [0.1, 0.15) is 26.2 Å². The molecule has 1 unspecified atom stereocenters. The van der Waals surface area contributed by atoms with E-state index in [1.165, 1.54) is 26.2 Å². The average molecular weight is 362 g/mol. The second-order valence-corrected chi connectivity index (χ2v) is 7.89. The average Bonchev–Trinajstić information content (AvgIpc) is 2.97. The second-order valence-electron chi connectivity index (χ2n) is 5.74. The highest BCUT2D eigenvalue weighted by molar-refractivity contribution is 7.89. The molecule has 1 aromatic carbocycles. The summed E-state index contributed by atoms with van der Waals surface area (Å²) in [5.74, 6) is -0.105. The van der Waals surface area contributed by atoms with Crippen LogP contribution in [0.5, 0.6) is 0 Å². The van der Waals surface area contributed by atoms with E-state index in [4.69, 9.17) is 0 Å². The van der Waals surface area contributed by atoms with Gasteiger partial charge < -0.3 is 10.6 Å². The lowest BCUT2D eigenvalue weighted by Gasteiger charge is -2.26. The Hall–Kier alpha value is -1.15. The first kappa shape index (κ1) is 19.9. The van der Waals surface area contributed by atoms with Crippen LogP contribution in [-0.4, -0.2) is 44.8 Å². The van der Waals surface area contributed by atoms with Crippen LogP contribution in [0.25, 0.3) is 0 Å². The highest BCUT2D eigenvalue weighted by atomic mass is 35.5. The molecule has 0 aromatic heterocycles. The van der Waals surface area contributed by atoms with Crippen LogP contribution in [0.2, 0.25) is 0 Å². The summed E-state index contributed by atoms with van der Waals surface area (Å²) in [6.45, 7) is 2.81. The van der Waals surface area contributed by atoms with Crippen molar-refractivity contribution in [3.63, 3.8) is 0 Å². The number of anilines is 1. The minimum Gasteiger partial charge on any atom is -0.324 e. The van der Waals surface area contributed by atoms with Crippen molar-refractivity contribution in [3.05, 3.63) is 24.3 Å². The number of nitrogens with zero attached hydrogens (tertiary/aromatic N) is 1. The number of carbonyl (C=O) groups is 1. The first-order valence-electron chi connectivity index (χ1n) is 7.41.